The quantitative estimate of drug-likeness (QED) is 0.915. The summed E-state index contributed by atoms with van der Waals surface area (Å²) in [6.45, 7) is 4.15. The SMILES string of the molecule is CC(C)Cc1nc(C2C3C4CCC(C4)C23)oc1C(=O)O. The maximum atomic E-state index is 11.3. The van der Waals surface area contributed by atoms with Gasteiger partial charge in [0.05, 0.1) is 5.69 Å². The van der Waals surface area contributed by atoms with Crippen LogP contribution in [0.15, 0.2) is 4.42 Å². The first kappa shape index (κ1) is 12.4. The highest BCUT2D eigenvalue weighted by atomic mass is 16.4. The van der Waals surface area contributed by atoms with Crippen LogP contribution in [-0.4, -0.2) is 16.1 Å². The predicted molar refractivity (Wildman–Crippen MR) is 72.6 cm³/mol. The average molecular weight is 275 g/mol. The van der Waals surface area contributed by atoms with Crippen LogP contribution in [0, 0.1) is 29.6 Å². The van der Waals surface area contributed by atoms with Crippen LogP contribution in [0.4, 0.5) is 0 Å². The van der Waals surface area contributed by atoms with Crippen molar-refractivity contribution in [3.8, 4) is 0 Å². The molecule has 1 aromatic rings. The number of carboxylic acid groups (broad SMARTS) is 1. The molecular formula is C16H21NO3. The number of nitrogens with zero attached hydrogens (tertiary/aromatic N) is 1. The maximum absolute atomic E-state index is 11.3. The van der Waals surface area contributed by atoms with Crippen molar-refractivity contribution in [2.45, 2.75) is 45.4 Å². The largest absolute Gasteiger partial charge is 0.475 e. The second-order valence-corrected chi connectivity index (χ2v) is 7.24. The van der Waals surface area contributed by atoms with Crippen molar-refractivity contribution in [2.75, 3.05) is 0 Å². The first-order valence-electron chi connectivity index (χ1n) is 7.79. The van der Waals surface area contributed by atoms with Gasteiger partial charge in [0.2, 0.25) is 5.76 Å². The van der Waals surface area contributed by atoms with E-state index in [1.54, 1.807) is 0 Å². The number of hydrogen-bond acceptors (Lipinski definition) is 3. The number of aromatic nitrogens is 1. The maximum Gasteiger partial charge on any atom is 0.373 e. The lowest BCUT2D eigenvalue weighted by atomic mass is 10.0. The lowest BCUT2D eigenvalue weighted by Gasteiger charge is -2.04. The smallest absolute Gasteiger partial charge is 0.373 e. The fraction of sp³-hybridized carbons (Fsp3) is 0.750. The van der Waals surface area contributed by atoms with E-state index in [2.05, 4.69) is 18.8 Å². The van der Waals surface area contributed by atoms with Crippen molar-refractivity contribution >= 4 is 5.97 Å². The van der Waals surface area contributed by atoms with Crippen LogP contribution >= 0.6 is 0 Å². The predicted octanol–water partition coefficient (Wildman–Crippen LogP) is 3.33. The zero-order valence-electron chi connectivity index (χ0n) is 12.0. The van der Waals surface area contributed by atoms with Crippen molar-refractivity contribution in [1.82, 2.24) is 4.98 Å². The van der Waals surface area contributed by atoms with Crippen LogP contribution < -0.4 is 0 Å². The molecule has 1 heterocycles. The molecular weight excluding hydrogens is 254 g/mol. The van der Waals surface area contributed by atoms with E-state index in [4.69, 9.17) is 4.42 Å². The summed E-state index contributed by atoms with van der Waals surface area (Å²) in [5.41, 5.74) is 0.639. The van der Waals surface area contributed by atoms with E-state index in [-0.39, 0.29) is 5.76 Å². The molecule has 4 unspecified atom stereocenters. The summed E-state index contributed by atoms with van der Waals surface area (Å²) in [5.74, 6) is 3.79. The highest BCUT2D eigenvalue weighted by Crippen LogP contribution is 2.72. The molecule has 108 valence electrons. The molecule has 0 saturated heterocycles. The Morgan fingerprint density at radius 3 is 2.55 bits per heavy atom. The van der Waals surface area contributed by atoms with Gasteiger partial charge in [0.25, 0.3) is 0 Å². The molecule has 4 rings (SSSR count). The molecule has 2 bridgehead atoms. The molecule has 0 aromatic carbocycles. The molecule has 1 aromatic heterocycles. The van der Waals surface area contributed by atoms with Gasteiger partial charge in [0.15, 0.2) is 5.89 Å². The summed E-state index contributed by atoms with van der Waals surface area (Å²) in [6.07, 6.45) is 4.78. The topological polar surface area (TPSA) is 63.3 Å². The van der Waals surface area contributed by atoms with Crippen LogP contribution in [-0.2, 0) is 6.42 Å². The molecule has 4 nitrogen and oxygen atoms in total. The van der Waals surface area contributed by atoms with Crippen molar-refractivity contribution < 1.29 is 14.3 Å². The van der Waals surface area contributed by atoms with Gasteiger partial charge in [0, 0.05) is 5.92 Å². The molecule has 3 fully saturated rings. The van der Waals surface area contributed by atoms with E-state index in [1.165, 1.54) is 19.3 Å². The Bertz CT molecular complexity index is 546. The van der Waals surface area contributed by atoms with Gasteiger partial charge in [-0.05, 0) is 55.3 Å². The van der Waals surface area contributed by atoms with Crippen LogP contribution in [0.5, 0.6) is 0 Å². The van der Waals surface area contributed by atoms with E-state index >= 15 is 0 Å². The number of fused-ring (bicyclic) bond motifs is 5. The molecule has 3 aliphatic carbocycles. The van der Waals surface area contributed by atoms with Gasteiger partial charge in [0.1, 0.15) is 0 Å². The van der Waals surface area contributed by atoms with Gasteiger partial charge in [-0.2, -0.15) is 0 Å². The van der Waals surface area contributed by atoms with Crippen molar-refractivity contribution in [1.29, 1.82) is 0 Å². The minimum Gasteiger partial charge on any atom is -0.475 e. The molecule has 0 radical (unpaired) electrons. The Labute approximate surface area is 118 Å². The second-order valence-electron chi connectivity index (χ2n) is 7.24. The summed E-state index contributed by atoms with van der Waals surface area (Å²) in [6, 6.07) is 0. The van der Waals surface area contributed by atoms with Gasteiger partial charge in [-0.25, -0.2) is 9.78 Å². The van der Waals surface area contributed by atoms with E-state index < -0.39 is 5.97 Å². The standard InChI is InChI=1S/C16H21NO3/c1-7(2)5-10-14(16(18)19)20-15(17-10)13-11-8-3-4-9(6-8)12(11)13/h7-9,11-13H,3-6H2,1-2H3,(H,18,19). The Morgan fingerprint density at radius 2 is 2.00 bits per heavy atom. The van der Waals surface area contributed by atoms with Crippen molar-refractivity contribution in [2.24, 2.45) is 29.6 Å². The summed E-state index contributed by atoms with van der Waals surface area (Å²) < 4.78 is 5.65. The van der Waals surface area contributed by atoms with Gasteiger partial charge in [-0.3, -0.25) is 0 Å². The normalized spacial score (nSPS) is 37.5. The third-order valence-corrected chi connectivity index (χ3v) is 5.53. The summed E-state index contributed by atoms with van der Waals surface area (Å²) in [5, 5.41) is 9.28. The van der Waals surface area contributed by atoms with Crippen LogP contribution in [0.3, 0.4) is 0 Å². The zero-order chi connectivity index (χ0) is 14.0. The lowest BCUT2D eigenvalue weighted by Crippen LogP contribution is -2.03. The first-order valence-corrected chi connectivity index (χ1v) is 7.79. The molecule has 4 atom stereocenters. The van der Waals surface area contributed by atoms with Crippen LogP contribution in [0.25, 0.3) is 0 Å². The Balaban J connectivity index is 1.62. The Kier molecular flexibility index (Phi) is 2.54. The number of aromatic carboxylic acids is 1. The molecule has 0 spiro atoms. The summed E-state index contributed by atoms with van der Waals surface area (Å²) in [7, 11) is 0. The molecule has 20 heavy (non-hydrogen) atoms. The number of rotatable bonds is 4. The van der Waals surface area contributed by atoms with Crippen LogP contribution in [0.1, 0.15) is 61.2 Å². The zero-order valence-corrected chi connectivity index (χ0v) is 12.0. The number of carbonyl (C=O) groups is 1. The molecule has 1 N–H and O–H groups in total. The van der Waals surface area contributed by atoms with E-state index in [9.17, 15) is 9.90 Å². The lowest BCUT2D eigenvalue weighted by molar-refractivity contribution is 0.0658. The van der Waals surface area contributed by atoms with Crippen LogP contribution in [0.2, 0.25) is 0 Å². The fourth-order valence-electron chi connectivity index (χ4n) is 4.86. The molecule has 3 saturated carbocycles. The van der Waals surface area contributed by atoms with Gasteiger partial charge >= 0.3 is 5.97 Å². The molecule has 3 aliphatic rings. The van der Waals surface area contributed by atoms with Gasteiger partial charge in [-0.15, -0.1) is 0 Å². The van der Waals surface area contributed by atoms with E-state index in [0.717, 1.165) is 23.7 Å². The Hall–Kier alpha value is -1.32. The third kappa shape index (κ3) is 1.66. The Morgan fingerprint density at radius 1 is 1.35 bits per heavy atom. The summed E-state index contributed by atoms with van der Waals surface area (Å²) >= 11 is 0. The molecule has 0 aliphatic heterocycles. The average Bonchev–Trinajstić information content (AvgIpc) is 2.76. The van der Waals surface area contributed by atoms with E-state index in [0.29, 0.717) is 29.8 Å². The second kappa shape index (κ2) is 4.09. The molecule has 4 heteroatoms. The van der Waals surface area contributed by atoms with Gasteiger partial charge in [-0.1, -0.05) is 13.8 Å². The minimum absolute atomic E-state index is 0.0750. The van der Waals surface area contributed by atoms with Crippen molar-refractivity contribution in [3.63, 3.8) is 0 Å². The van der Waals surface area contributed by atoms with E-state index in [1.807, 2.05) is 0 Å². The number of carboxylic acids is 1. The van der Waals surface area contributed by atoms with Crippen molar-refractivity contribution in [3.05, 3.63) is 17.3 Å². The van der Waals surface area contributed by atoms with Gasteiger partial charge < -0.3 is 9.52 Å². The number of hydrogen-bond donors (Lipinski definition) is 1. The summed E-state index contributed by atoms with van der Waals surface area (Å²) in [4.78, 5) is 15.9. The minimum atomic E-state index is -0.979. The number of oxazole rings is 1. The monoisotopic (exact) mass is 275 g/mol. The first-order chi connectivity index (χ1) is 9.56. The third-order valence-electron chi connectivity index (χ3n) is 5.53. The fourth-order valence-corrected chi connectivity index (χ4v) is 4.86. The highest BCUT2D eigenvalue weighted by Gasteiger charge is 2.67. The molecule has 0 amide bonds. The highest BCUT2D eigenvalue weighted by molar-refractivity contribution is 5.85.